The summed E-state index contributed by atoms with van der Waals surface area (Å²) in [7, 11) is 1.54. The number of pyridine rings is 1. The van der Waals surface area contributed by atoms with Gasteiger partial charge in [-0.25, -0.2) is 4.79 Å². The van der Waals surface area contributed by atoms with Gasteiger partial charge < -0.3 is 25.0 Å². The van der Waals surface area contributed by atoms with Crippen LogP contribution in [-0.4, -0.2) is 54.7 Å². The van der Waals surface area contributed by atoms with Crippen molar-refractivity contribution in [3.8, 4) is 11.5 Å². The maximum Gasteiger partial charge on any atom is 0.322 e. The van der Waals surface area contributed by atoms with E-state index in [0.717, 1.165) is 0 Å². The van der Waals surface area contributed by atoms with Crippen molar-refractivity contribution < 1.29 is 19.1 Å². The number of aromatic nitrogens is 1. The molecule has 1 saturated heterocycles. The molecule has 1 aliphatic rings. The predicted octanol–water partition coefficient (Wildman–Crippen LogP) is 3.12. The van der Waals surface area contributed by atoms with Gasteiger partial charge in [0.15, 0.2) is 0 Å². The first-order valence-corrected chi connectivity index (χ1v) is 9.60. The standard InChI is InChI=1S/C21H26N4O4/c1-14(2)19-13-25(9-10-28-19)21(27)24-15-5-4-6-16(11-15)29-17-7-8-23-18(12-17)20(26)22-3/h4-8,11-12,14,19H,9-10,13H2,1-3H3,(H,22,26)(H,24,27). The largest absolute Gasteiger partial charge is 0.457 e. The Morgan fingerprint density at radius 2 is 2.03 bits per heavy atom. The first-order valence-electron chi connectivity index (χ1n) is 9.60. The lowest BCUT2D eigenvalue weighted by molar-refractivity contribution is -0.0354. The Morgan fingerprint density at radius 3 is 2.79 bits per heavy atom. The fourth-order valence-electron chi connectivity index (χ4n) is 2.97. The minimum absolute atomic E-state index is 0.0466. The van der Waals surface area contributed by atoms with E-state index in [1.807, 2.05) is 0 Å². The topological polar surface area (TPSA) is 92.8 Å². The lowest BCUT2D eigenvalue weighted by Crippen LogP contribution is -2.48. The third kappa shape index (κ3) is 5.45. The summed E-state index contributed by atoms with van der Waals surface area (Å²) in [6.07, 6.45) is 1.56. The van der Waals surface area contributed by atoms with Crippen molar-refractivity contribution in [2.45, 2.75) is 20.0 Å². The lowest BCUT2D eigenvalue weighted by atomic mass is 10.1. The summed E-state index contributed by atoms with van der Waals surface area (Å²) in [5, 5.41) is 5.44. The highest BCUT2D eigenvalue weighted by atomic mass is 16.5. The number of ether oxygens (including phenoxy) is 2. The highest BCUT2D eigenvalue weighted by molar-refractivity contribution is 5.92. The van der Waals surface area contributed by atoms with Crippen molar-refractivity contribution in [2.24, 2.45) is 5.92 Å². The van der Waals surface area contributed by atoms with Crippen LogP contribution >= 0.6 is 0 Å². The van der Waals surface area contributed by atoms with E-state index in [4.69, 9.17) is 9.47 Å². The van der Waals surface area contributed by atoms with Crippen molar-refractivity contribution in [3.63, 3.8) is 0 Å². The second-order valence-corrected chi connectivity index (χ2v) is 7.12. The monoisotopic (exact) mass is 398 g/mol. The van der Waals surface area contributed by atoms with E-state index < -0.39 is 0 Å². The zero-order valence-corrected chi connectivity index (χ0v) is 16.8. The van der Waals surface area contributed by atoms with Gasteiger partial charge in [-0.3, -0.25) is 9.78 Å². The summed E-state index contributed by atoms with van der Waals surface area (Å²) in [5.74, 6) is 1.08. The molecule has 0 spiro atoms. The molecule has 1 fully saturated rings. The van der Waals surface area contributed by atoms with Crippen LogP contribution in [0.5, 0.6) is 11.5 Å². The maximum atomic E-state index is 12.6. The van der Waals surface area contributed by atoms with E-state index in [9.17, 15) is 9.59 Å². The number of rotatable bonds is 5. The number of anilines is 1. The molecule has 8 heteroatoms. The number of nitrogens with zero attached hydrogens (tertiary/aromatic N) is 2. The zero-order chi connectivity index (χ0) is 20.8. The quantitative estimate of drug-likeness (QED) is 0.807. The van der Waals surface area contributed by atoms with Gasteiger partial charge in [0.25, 0.3) is 5.91 Å². The van der Waals surface area contributed by atoms with Gasteiger partial charge in [0.2, 0.25) is 0 Å². The molecule has 1 aromatic carbocycles. The molecule has 8 nitrogen and oxygen atoms in total. The van der Waals surface area contributed by atoms with Crippen molar-refractivity contribution >= 4 is 17.6 Å². The number of morpholine rings is 1. The van der Waals surface area contributed by atoms with Crippen LogP contribution < -0.4 is 15.4 Å². The summed E-state index contributed by atoms with van der Waals surface area (Å²) in [6.45, 7) is 5.84. The molecule has 1 unspecified atom stereocenters. The third-order valence-electron chi connectivity index (χ3n) is 4.64. The third-order valence-corrected chi connectivity index (χ3v) is 4.64. The number of urea groups is 1. The number of hydrogen-bond donors (Lipinski definition) is 2. The smallest absolute Gasteiger partial charge is 0.322 e. The summed E-state index contributed by atoms with van der Waals surface area (Å²) in [4.78, 5) is 30.1. The number of benzene rings is 1. The van der Waals surface area contributed by atoms with Crippen molar-refractivity contribution in [1.82, 2.24) is 15.2 Å². The number of carbonyl (C=O) groups is 2. The SMILES string of the molecule is CNC(=O)c1cc(Oc2cccc(NC(=O)N3CCOC(C(C)C)C3)c2)ccn1. The summed E-state index contributed by atoms with van der Waals surface area (Å²) < 4.78 is 11.5. The molecular weight excluding hydrogens is 372 g/mol. The average molecular weight is 398 g/mol. The molecule has 2 N–H and O–H groups in total. The minimum atomic E-state index is -0.290. The number of nitrogens with one attached hydrogen (secondary N) is 2. The molecule has 2 aromatic rings. The molecule has 154 valence electrons. The summed E-state index contributed by atoms with van der Waals surface area (Å²) in [5.41, 5.74) is 0.891. The van der Waals surface area contributed by atoms with E-state index in [1.54, 1.807) is 48.3 Å². The van der Waals surface area contributed by atoms with Crippen LogP contribution in [0.2, 0.25) is 0 Å². The zero-order valence-electron chi connectivity index (χ0n) is 16.8. The van der Waals surface area contributed by atoms with E-state index in [0.29, 0.717) is 42.8 Å². The van der Waals surface area contributed by atoms with Crippen LogP contribution in [0.4, 0.5) is 10.5 Å². The molecule has 3 amide bonds. The Kier molecular flexibility index (Phi) is 6.66. The molecule has 1 aromatic heterocycles. The van der Waals surface area contributed by atoms with Crippen LogP contribution in [0.3, 0.4) is 0 Å². The Labute approximate surface area is 170 Å². The molecular formula is C21H26N4O4. The van der Waals surface area contributed by atoms with Crippen LogP contribution in [0.25, 0.3) is 0 Å². The van der Waals surface area contributed by atoms with Gasteiger partial charge in [0.05, 0.1) is 12.7 Å². The van der Waals surface area contributed by atoms with E-state index >= 15 is 0 Å². The molecule has 0 radical (unpaired) electrons. The average Bonchev–Trinajstić information content (AvgIpc) is 2.73. The van der Waals surface area contributed by atoms with Gasteiger partial charge in [-0.2, -0.15) is 0 Å². The van der Waals surface area contributed by atoms with Crippen LogP contribution in [0, 0.1) is 5.92 Å². The number of amides is 3. The molecule has 0 aliphatic carbocycles. The van der Waals surface area contributed by atoms with E-state index in [-0.39, 0.29) is 23.7 Å². The summed E-state index contributed by atoms with van der Waals surface area (Å²) >= 11 is 0. The summed E-state index contributed by atoms with van der Waals surface area (Å²) in [6, 6.07) is 10.2. The highest BCUT2D eigenvalue weighted by Gasteiger charge is 2.26. The van der Waals surface area contributed by atoms with Crippen molar-refractivity contribution in [2.75, 3.05) is 32.1 Å². The van der Waals surface area contributed by atoms with E-state index in [1.165, 1.54) is 6.20 Å². The Morgan fingerprint density at radius 1 is 1.24 bits per heavy atom. The Balaban J connectivity index is 1.65. The van der Waals surface area contributed by atoms with Crippen LogP contribution in [-0.2, 0) is 4.74 Å². The van der Waals surface area contributed by atoms with Gasteiger partial charge in [-0.1, -0.05) is 19.9 Å². The Bertz CT molecular complexity index is 871. The molecule has 3 rings (SSSR count). The fourth-order valence-corrected chi connectivity index (χ4v) is 2.97. The van der Waals surface area contributed by atoms with Crippen molar-refractivity contribution in [1.29, 1.82) is 0 Å². The second kappa shape index (κ2) is 9.38. The van der Waals surface area contributed by atoms with Crippen molar-refractivity contribution in [3.05, 3.63) is 48.3 Å². The van der Waals surface area contributed by atoms with Gasteiger partial charge in [0.1, 0.15) is 17.2 Å². The predicted molar refractivity (Wildman–Crippen MR) is 109 cm³/mol. The number of carbonyl (C=O) groups excluding carboxylic acids is 2. The van der Waals surface area contributed by atoms with Crippen LogP contribution in [0.15, 0.2) is 42.6 Å². The lowest BCUT2D eigenvalue weighted by Gasteiger charge is -2.34. The first kappa shape index (κ1) is 20.6. The second-order valence-electron chi connectivity index (χ2n) is 7.12. The minimum Gasteiger partial charge on any atom is -0.457 e. The van der Waals surface area contributed by atoms with Gasteiger partial charge in [0, 0.05) is 44.2 Å². The van der Waals surface area contributed by atoms with E-state index in [2.05, 4.69) is 29.5 Å². The maximum absolute atomic E-state index is 12.6. The normalized spacial score (nSPS) is 16.4. The molecule has 0 bridgehead atoms. The van der Waals surface area contributed by atoms with Gasteiger partial charge >= 0.3 is 6.03 Å². The fraction of sp³-hybridized carbons (Fsp3) is 0.381. The Hall–Kier alpha value is -3.13. The molecule has 2 heterocycles. The van der Waals surface area contributed by atoms with Gasteiger partial charge in [-0.05, 0) is 24.1 Å². The molecule has 29 heavy (non-hydrogen) atoms. The highest BCUT2D eigenvalue weighted by Crippen LogP contribution is 2.25. The molecule has 1 atom stereocenters. The first-order chi connectivity index (χ1) is 14.0. The van der Waals surface area contributed by atoms with Gasteiger partial charge in [-0.15, -0.1) is 0 Å². The number of hydrogen-bond acceptors (Lipinski definition) is 5. The molecule has 1 aliphatic heterocycles. The van der Waals surface area contributed by atoms with Crippen LogP contribution in [0.1, 0.15) is 24.3 Å². The molecule has 0 saturated carbocycles.